The SMILES string of the molecule is NC(=O)c1ccc2[nH]c(CN3CCO[C@H](C(F)(F)F)C3)cc(=O)c2c1. The van der Waals surface area contributed by atoms with Crippen LogP contribution in [0.3, 0.4) is 0 Å². The predicted molar refractivity (Wildman–Crippen MR) is 84.2 cm³/mol. The lowest BCUT2D eigenvalue weighted by Gasteiger charge is -2.33. The summed E-state index contributed by atoms with van der Waals surface area (Å²) in [6.07, 6.45) is -6.24. The number of aromatic amines is 1. The van der Waals surface area contributed by atoms with Crippen LogP contribution in [0.25, 0.3) is 10.9 Å². The Kier molecular flexibility index (Phi) is 4.53. The highest BCUT2D eigenvalue weighted by molar-refractivity contribution is 5.96. The number of H-pyrrole nitrogens is 1. The fourth-order valence-electron chi connectivity index (χ4n) is 2.83. The van der Waals surface area contributed by atoms with Gasteiger partial charge in [0.1, 0.15) is 0 Å². The van der Waals surface area contributed by atoms with Gasteiger partial charge in [0.25, 0.3) is 0 Å². The number of nitrogens with zero attached hydrogens (tertiary/aromatic N) is 1. The second-order valence-corrected chi connectivity index (χ2v) is 5.92. The van der Waals surface area contributed by atoms with Crippen LogP contribution >= 0.6 is 0 Å². The van der Waals surface area contributed by atoms with Gasteiger partial charge in [0.2, 0.25) is 5.91 Å². The van der Waals surface area contributed by atoms with Crippen LogP contribution in [-0.4, -0.2) is 47.8 Å². The van der Waals surface area contributed by atoms with Crippen LogP contribution < -0.4 is 11.2 Å². The zero-order valence-electron chi connectivity index (χ0n) is 13.1. The average molecular weight is 355 g/mol. The number of carbonyl (C=O) groups is 1. The average Bonchev–Trinajstić information content (AvgIpc) is 2.54. The molecule has 1 fully saturated rings. The van der Waals surface area contributed by atoms with Crippen LogP contribution in [0, 0.1) is 0 Å². The van der Waals surface area contributed by atoms with E-state index in [0.29, 0.717) is 23.1 Å². The van der Waals surface area contributed by atoms with Gasteiger partial charge in [-0.15, -0.1) is 0 Å². The van der Waals surface area contributed by atoms with Crippen molar-refractivity contribution in [1.82, 2.24) is 9.88 Å². The highest BCUT2D eigenvalue weighted by Gasteiger charge is 2.43. The van der Waals surface area contributed by atoms with Crippen LogP contribution in [0.15, 0.2) is 29.1 Å². The van der Waals surface area contributed by atoms with Gasteiger partial charge in [-0.2, -0.15) is 13.2 Å². The van der Waals surface area contributed by atoms with Crippen molar-refractivity contribution in [2.24, 2.45) is 5.73 Å². The zero-order chi connectivity index (χ0) is 18.2. The number of primary amides is 1. The minimum atomic E-state index is -4.42. The Labute approximate surface area is 140 Å². The van der Waals surface area contributed by atoms with Crippen molar-refractivity contribution in [1.29, 1.82) is 0 Å². The smallest absolute Gasteiger partial charge is 0.366 e. The quantitative estimate of drug-likeness (QED) is 0.871. The number of hydrogen-bond acceptors (Lipinski definition) is 4. The molecule has 0 saturated carbocycles. The van der Waals surface area contributed by atoms with E-state index < -0.39 is 18.2 Å². The maximum Gasteiger partial charge on any atom is 0.415 e. The van der Waals surface area contributed by atoms with E-state index in [0.717, 1.165) is 0 Å². The molecule has 6 nitrogen and oxygen atoms in total. The Morgan fingerprint density at radius 1 is 1.36 bits per heavy atom. The van der Waals surface area contributed by atoms with Gasteiger partial charge in [-0.25, -0.2) is 0 Å². The molecule has 0 bridgehead atoms. The van der Waals surface area contributed by atoms with Gasteiger partial charge >= 0.3 is 6.18 Å². The van der Waals surface area contributed by atoms with Crippen LogP contribution in [0.5, 0.6) is 0 Å². The number of nitrogens with two attached hydrogens (primary N) is 1. The number of pyridine rings is 1. The molecule has 25 heavy (non-hydrogen) atoms. The number of halogens is 3. The zero-order valence-corrected chi connectivity index (χ0v) is 13.1. The Bertz CT molecular complexity index is 863. The van der Waals surface area contributed by atoms with Crippen molar-refractivity contribution in [2.75, 3.05) is 19.7 Å². The van der Waals surface area contributed by atoms with E-state index in [1.807, 2.05) is 0 Å². The number of nitrogens with one attached hydrogen (secondary N) is 1. The van der Waals surface area contributed by atoms with Gasteiger partial charge in [-0.3, -0.25) is 14.5 Å². The van der Waals surface area contributed by atoms with Gasteiger partial charge in [0.05, 0.1) is 6.61 Å². The first-order chi connectivity index (χ1) is 11.7. The maximum atomic E-state index is 12.8. The molecular formula is C16H16F3N3O3. The number of hydrogen-bond donors (Lipinski definition) is 2. The number of morpholine rings is 1. The topological polar surface area (TPSA) is 88.4 Å². The van der Waals surface area contributed by atoms with Crippen molar-refractivity contribution < 1.29 is 22.7 Å². The molecule has 1 aromatic heterocycles. The summed E-state index contributed by atoms with van der Waals surface area (Å²) in [6.45, 7) is 0.195. The Balaban J connectivity index is 1.84. The van der Waals surface area contributed by atoms with Crippen molar-refractivity contribution in [3.8, 4) is 0 Å². The molecule has 0 aliphatic carbocycles. The molecule has 3 N–H and O–H groups in total. The number of rotatable bonds is 3. The number of fused-ring (bicyclic) bond motifs is 1. The third-order valence-electron chi connectivity index (χ3n) is 4.08. The van der Waals surface area contributed by atoms with Crippen LogP contribution in [-0.2, 0) is 11.3 Å². The van der Waals surface area contributed by atoms with Crippen molar-refractivity contribution in [3.63, 3.8) is 0 Å². The van der Waals surface area contributed by atoms with Crippen molar-refractivity contribution in [3.05, 3.63) is 45.7 Å². The molecule has 3 rings (SSSR count). The van der Waals surface area contributed by atoms with Crippen LogP contribution in [0.2, 0.25) is 0 Å². The van der Waals surface area contributed by atoms with E-state index in [9.17, 15) is 22.8 Å². The molecule has 2 heterocycles. The first-order valence-corrected chi connectivity index (χ1v) is 7.60. The van der Waals surface area contributed by atoms with Crippen LogP contribution in [0.1, 0.15) is 16.1 Å². The lowest BCUT2D eigenvalue weighted by atomic mass is 10.1. The number of aromatic nitrogens is 1. The van der Waals surface area contributed by atoms with E-state index in [1.165, 1.54) is 18.2 Å². The lowest BCUT2D eigenvalue weighted by molar-refractivity contribution is -0.237. The molecule has 0 unspecified atom stereocenters. The summed E-state index contributed by atoms with van der Waals surface area (Å²) in [6, 6.07) is 5.76. The molecular weight excluding hydrogens is 339 g/mol. The van der Waals surface area contributed by atoms with Gasteiger partial charge in [-0.05, 0) is 18.2 Å². The number of carbonyl (C=O) groups excluding carboxylic acids is 1. The van der Waals surface area contributed by atoms with E-state index in [1.54, 1.807) is 11.0 Å². The first kappa shape index (κ1) is 17.4. The van der Waals surface area contributed by atoms with Gasteiger partial charge in [-0.1, -0.05) is 0 Å². The van der Waals surface area contributed by atoms with E-state index in [4.69, 9.17) is 10.5 Å². The van der Waals surface area contributed by atoms with Gasteiger partial charge < -0.3 is 15.5 Å². The highest BCUT2D eigenvalue weighted by atomic mass is 19.4. The molecule has 0 spiro atoms. The molecule has 1 aliphatic rings. The second-order valence-electron chi connectivity index (χ2n) is 5.92. The highest BCUT2D eigenvalue weighted by Crippen LogP contribution is 2.26. The minimum absolute atomic E-state index is 0.0238. The molecule has 1 amide bonds. The lowest BCUT2D eigenvalue weighted by Crippen LogP contribution is -2.48. The standard InChI is InChI=1S/C16H16F3N3O3/c17-16(18,19)14-8-22(3-4-25-14)7-10-6-13(23)11-5-9(15(20)24)1-2-12(11)21-10/h1-2,5-6,14H,3-4,7-8H2,(H2,20,24)(H,21,23)/t14-/m0/s1. The minimum Gasteiger partial charge on any atom is -0.366 e. The third-order valence-corrected chi connectivity index (χ3v) is 4.08. The fourth-order valence-corrected chi connectivity index (χ4v) is 2.83. The fraction of sp³-hybridized carbons (Fsp3) is 0.375. The Morgan fingerprint density at radius 3 is 2.80 bits per heavy atom. The van der Waals surface area contributed by atoms with Crippen LogP contribution in [0.4, 0.5) is 13.2 Å². The molecule has 1 aromatic carbocycles. The second kappa shape index (κ2) is 6.49. The van der Waals surface area contributed by atoms with Crippen molar-refractivity contribution >= 4 is 16.8 Å². The number of amides is 1. The summed E-state index contributed by atoms with van der Waals surface area (Å²) < 4.78 is 43.1. The normalized spacial score (nSPS) is 19.2. The summed E-state index contributed by atoms with van der Waals surface area (Å²) in [4.78, 5) is 28.0. The van der Waals surface area contributed by atoms with Gasteiger partial charge in [0.15, 0.2) is 11.5 Å². The molecule has 1 aliphatic heterocycles. The molecule has 1 atom stereocenters. The van der Waals surface area contributed by atoms with Gasteiger partial charge in [0, 0.05) is 47.9 Å². The Morgan fingerprint density at radius 2 is 2.12 bits per heavy atom. The summed E-state index contributed by atoms with van der Waals surface area (Å²) in [5.74, 6) is -0.642. The number of alkyl halides is 3. The predicted octanol–water partition coefficient (Wildman–Crippen LogP) is 1.39. The molecule has 1 saturated heterocycles. The van der Waals surface area contributed by atoms with E-state index in [2.05, 4.69) is 4.98 Å². The number of benzene rings is 1. The first-order valence-electron chi connectivity index (χ1n) is 7.60. The molecule has 9 heteroatoms. The largest absolute Gasteiger partial charge is 0.415 e. The van der Waals surface area contributed by atoms with E-state index >= 15 is 0 Å². The Hall–Kier alpha value is -2.39. The molecule has 0 radical (unpaired) electrons. The molecule has 2 aromatic rings. The monoisotopic (exact) mass is 355 g/mol. The third kappa shape index (κ3) is 3.83. The number of ether oxygens (including phenoxy) is 1. The van der Waals surface area contributed by atoms with E-state index in [-0.39, 0.29) is 30.7 Å². The maximum absolute atomic E-state index is 12.8. The summed E-state index contributed by atoms with van der Waals surface area (Å²) >= 11 is 0. The summed E-state index contributed by atoms with van der Waals surface area (Å²) in [5, 5.41) is 0.301. The molecule has 134 valence electrons. The summed E-state index contributed by atoms with van der Waals surface area (Å²) in [5.41, 5.74) is 6.07. The van der Waals surface area contributed by atoms with Crippen molar-refractivity contribution in [2.45, 2.75) is 18.8 Å². The summed E-state index contributed by atoms with van der Waals surface area (Å²) in [7, 11) is 0.